The third-order valence-electron chi connectivity index (χ3n) is 4.60. The van der Waals surface area contributed by atoms with Gasteiger partial charge in [-0.1, -0.05) is 17.7 Å². The summed E-state index contributed by atoms with van der Waals surface area (Å²) in [7, 11) is 0. The van der Waals surface area contributed by atoms with Gasteiger partial charge >= 0.3 is 0 Å². The molecule has 18 heavy (non-hydrogen) atoms. The van der Waals surface area contributed by atoms with E-state index in [1.54, 1.807) is 0 Å². The Hall–Kier alpha value is -1.06. The van der Waals surface area contributed by atoms with Crippen LogP contribution in [0.15, 0.2) is 18.2 Å². The van der Waals surface area contributed by atoms with Crippen LogP contribution in [0.4, 0.5) is 0 Å². The van der Waals surface area contributed by atoms with Gasteiger partial charge in [0.1, 0.15) is 5.75 Å². The van der Waals surface area contributed by atoms with Crippen LogP contribution in [0, 0.1) is 18.8 Å². The summed E-state index contributed by atoms with van der Waals surface area (Å²) >= 11 is 0. The van der Waals surface area contributed by atoms with Crippen LogP contribution in [-0.4, -0.2) is 36.2 Å². The molecule has 3 atom stereocenters. The number of hydrogen-bond donors (Lipinski definition) is 2. The van der Waals surface area contributed by atoms with Gasteiger partial charge in [0.05, 0.1) is 0 Å². The summed E-state index contributed by atoms with van der Waals surface area (Å²) in [5.41, 5.74) is 2.29. The molecule has 0 bridgehead atoms. The van der Waals surface area contributed by atoms with E-state index in [-0.39, 0.29) is 0 Å². The van der Waals surface area contributed by atoms with Crippen LogP contribution in [-0.2, 0) is 0 Å². The maximum atomic E-state index is 10.0. The lowest BCUT2D eigenvalue weighted by molar-refractivity contribution is 0.239. The van der Waals surface area contributed by atoms with Gasteiger partial charge in [-0.15, -0.1) is 0 Å². The molecule has 0 aliphatic carbocycles. The van der Waals surface area contributed by atoms with Crippen molar-refractivity contribution >= 4 is 0 Å². The van der Waals surface area contributed by atoms with Gasteiger partial charge in [-0.25, -0.2) is 0 Å². The molecule has 3 rings (SSSR count). The SMILES string of the molecule is Cc1ccc(O)c(C(C)N2C[C@H]3CNC[C@H]3C2)c1. The molecule has 1 aromatic carbocycles. The number of fused-ring (bicyclic) bond motifs is 1. The molecule has 3 heteroatoms. The zero-order valence-electron chi connectivity index (χ0n) is 11.2. The van der Waals surface area contributed by atoms with Gasteiger partial charge in [-0.3, -0.25) is 4.90 Å². The lowest BCUT2D eigenvalue weighted by Crippen LogP contribution is -2.28. The van der Waals surface area contributed by atoms with Crippen molar-refractivity contribution < 1.29 is 5.11 Å². The second kappa shape index (κ2) is 4.56. The number of hydrogen-bond acceptors (Lipinski definition) is 3. The van der Waals surface area contributed by atoms with Crippen LogP contribution in [0.3, 0.4) is 0 Å². The predicted molar refractivity (Wildman–Crippen MR) is 72.7 cm³/mol. The summed E-state index contributed by atoms with van der Waals surface area (Å²) in [6, 6.07) is 6.22. The highest BCUT2D eigenvalue weighted by atomic mass is 16.3. The van der Waals surface area contributed by atoms with Gasteiger partial charge in [-0.05, 0) is 44.8 Å². The van der Waals surface area contributed by atoms with E-state index in [1.807, 2.05) is 12.1 Å². The van der Waals surface area contributed by atoms with E-state index in [0.717, 1.165) is 43.6 Å². The van der Waals surface area contributed by atoms with Crippen molar-refractivity contribution in [3.63, 3.8) is 0 Å². The molecule has 2 aliphatic heterocycles. The maximum absolute atomic E-state index is 10.0. The summed E-state index contributed by atoms with van der Waals surface area (Å²) in [5, 5.41) is 13.5. The van der Waals surface area contributed by atoms with Gasteiger partial charge in [0.25, 0.3) is 0 Å². The second-order valence-corrected chi connectivity index (χ2v) is 5.87. The highest BCUT2D eigenvalue weighted by Gasteiger charge is 2.38. The first-order valence-electron chi connectivity index (χ1n) is 6.89. The van der Waals surface area contributed by atoms with E-state index < -0.39 is 0 Å². The molecule has 2 aliphatic rings. The number of phenols is 1. The Bertz CT molecular complexity index is 434. The molecule has 3 nitrogen and oxygen atoms in total. The van der Waals surface area contributed by atoms with E-state index in [9.17, 15) is 5.11 Å². The van der Waals surface area contributed by atoms with Gasteiger partial charge in [-0.2, -0.15) is 0 Å². The third kappa shape index (κ3) is 2.02. The Balaban J connectivity index is 1.78. The molecule has 0 aromatic heterocycles. The number of phenolic OH excluding ortho intramolecular Hbond substituents is 1. The summed E-state index contributed by atoms with van der Waals surface area (Å²) in [6.07, 6.45) is 0. The van der Waals surface area contributed by atoms with Gasteiger partial charge in [0.15, 0.2) is 0 Å². The normalized spacial score (nSPS) is 29.4. The Morgan fingerprint density at radius 1 is 1.28 bits per heavy atom. The van der Waals surface area contributed by atoms with Crippen LogP contribution >= 0.6 is 0 Å². The summed E-state index contributed by atoms with van der Waals surface area (Å²) in [5.74, 6) is 2.04. The minimum Gasteiger partial charge on any atom is -0.508 e. The van der Waals surface area contributed by atoms with Crippen molar-refractivity contribution in [2.75, 3.05) is 26.2 Å². The van der Waals surface area contributed by atoms with Gasteiger partial charge in [0, 0.05) is 24.7 Å². The maximum Gasteiger partial charge on any atom is 0.120 e. The quantitative estimate of drug-likeness (QED) is 0.837. The van der Waals surface area contributed by atoms with Crippen molar-refractivity contribution in [3.8, 4) is 5.75 Å². The van der Waals surface area contributed by atoms with Gasteiger partial charge < -0.3 is 10.4 Å². The molecule has 1 unspecified atom stereocenters. The number of benzene rings is 1. The highest BCUT2D eigenvalue weighted by molar-refractivity contribution is 5.37. The van der Waals surface area contributed by atoms with Crippen molar-refractivity contribution in [2.45, 2.75) is 19.9 Å². The van der Waals surface area contributed by atoms with Crippen LogP contribution in [0.2, 0.25) is 0 Å². The Labute approximate surface area is 109 Å². The smallest absolute Gasteiger partial charge is 0.120 e. The number of nitrogens with zero attached hydrogens (tertiary/aromatic N) is 1. The topological polar surface area (TPSA) is 35.5 Å². The monoisotopic (exact) mass is 246 g/mol. The van der Waals surface area contributed by atoms with E-state index in [2.05, 4.69) is 30.1 Å². The molecule has 2 saturated heterocycles. The first-order chi connectivity index (χ1) is 8.65. The van der Waals surface area contributed by atoms with E-state index >= 15 is 0 Å². The molecular weight excluding hydrogens is 224 g/mol. The minimum absolute atomic E-state index is 0.315. The van der Waals surface area contributed by atoms with Crippen molar-refractivity contribution in [1.82, 2.24) is 10.2 Å². The first-order valence-corrected chi connectivity index (χ1v) is 6.89. The Kier molecular flexibility index (Phi) is 3.04. The molecule has 2 heterocycles. The molecule has 0 radical (unpaired) electrons. The van der Waals surface area contributed by atoms with Crippen molar-refractivity contribution in [3.05, 3.63) is 29.3 Å². The summed E-state index contributed by atoms with van der Waals surface area (Å²) in [4.78, 5) is 2.52. The number of aromatic hydroxyl groups is 1. The number of rotatable bonds is 2. The van der Waals surface area contributed by atoms with E-state index in [4.69, 9.17) is 0 Å². The zero-order valence-corrected chi connectivity index (χ0v) is 11.2. The average Bonchev–Trinajstić information content (AvgIpc) is 2.91. The Morgan fingerprint density at radius 3 is 2.61 bits per heavy atom. The molecule has 2 N–H and O–H groups in total. The largest absolute Gasteiger partial charge is 0.508 e. The van der Waals surface area contributed by atoms with E-state index in [0.29, 0.717) is 11.8 Å². The fraction of sp³-hybridized carbons (Fsp3) is 0.600. The van der Waals surface area contributed by atoms with Crippen molar-refractivity contribution in [1.29, 1.82) is 0 Å². The van der Waals surface area contributed by atoms with Gasteiger partial charge in [0.2, 0.25) is 0 Å². The predicted octanol–water partition coefficient (Wildman–Crippen LogP) is 1.91. The average molecular weight is 246 g/mol. The molecule has 0 amide bonds. The minimum atomic E-state index is 0.315. The Morgan fingerprint density at radius 2 is 1.94 bits per heavy atom. The molecular formula is C15H22N2O. The number of aryl methyl sites for hydroxylation is 1. The third-order valence-corrected chi connectivity index (χ3v) is 4.60. The van der Waals surface area contributed by atoms with Crippen molar-refractivity contribution in [2.24, 2.45) is 11.8 Å². The molecule has 1 aromatic rings. The molecule has 98 valence electrons. The summed E-state index contributed by atoms with van der Waals surface area (Å²) < 4.78 is 0. The second-order valence-electron chi connectivity index (χ2n) is 5.87. The lowest BCUT2D eigenvalue weighted by Gasteiger charge is -2.26. The van der Waals surface area contributed by atoms with Crippen LogP contribution in [0.5, 0.6) is 5.75 Å². The standard InChI is InChI=1S/C15H22N2O/c1-10-3-4-15(18)14(5-10)11(2)17-8-12-6-16-7-13(12)9-17/h3-5,11-13,16,18H,6-9H2,1-2H3/t11?,12-,13+. The first kappa shape index (κ1) is 12.0. The summed E-state index contributed by atoms with van der Waals surface area (Å²) in [6.45, 7) is 8.93. The molecule has 0 spiro atoms. The zero-order chi connectivity index (χ0) is 12.7. The fourth-order valence-corrected chi connectivity index (χ4v) is 3.41. The molecule has 2 fully saturated rings. The number of nitrogens with one attached hydrogen (secondary N) is 1. The highest BCUT2D eigenvalue weighted by Crippen LogP contribution is 2.35. The molecule has 0 saturated carbocycles. The van der Waals surface area contributed by atoms with Crippen LogP contribution in [0.1, 0.15) is 24.1 Å². The lowest BCUT2D eigenvalue weighted by atomic mass is 10.0. The van der Waals surface area contributed by atoms with Crippen LogP contribution < -0.4 is 5.32 Å². The number of likely N-dealkylation sites (tertiary alicyclic amines) is 1. The van der Waals surface area contributed by atoms with E-state index in [1.165, 1.54) is 5.56 Å². The fourth-order valence-electron chi connectivity index (χ4n) is 3.41. The van der Waals surface area contributed by atoms with Crippen LogP contribution in [0.25, 0.3) is 0 Å².